The fourth-order valence-electron chi connectivity index (χ4n) is 4.62. The van der Waals surface area contributed by atoms with E-state index in [1.165, 1.54) is 0 Å². The van der Waals surface area contributed by atoms with Crippen LogP contribution in [0, 0.1) is 12.8 Å². The summed E-state index contributed by atoms with van der Waals surface area (Å²) in [6, 6.07) is 9.11. The van der Waals surface area contributed by atoms with Crippen molar-refractivity contribution in [1.29, 1.82) is 0 Å². The van der Waals surface area contributed by atoms with E-state index in [9.17, 15) is 4.79 Å². The number of rotatable bonds is 4. The van der Waals surface area contributed by atoms with Gasteiger partial charge in [-0.05, 0) is 58.4 Å². The maximum Gasteiger partial charge on any atom is 0.257 e. The first-order valence-electron chi connectivity index (χ1n) is 10.6. The molecule has 0 saturated carbocycles. The highest BCUT2D eigenvalue weighted by Crippen LogP contribution is 2.28. The van der Waals surface area contributed by atoms with Gasteiger partial charge in [-0.25, -0.2) is 0 Å². The van der Waals surface area contributed by atoms with Crippen LogP contribution in [-0.4, -0.2) is 70.7 Å². The highest BCUT2D eigenvalue weighted by molar-refractivity contribution is 5.85. The van der Waals surface area contributed by atoms with Crippen LogP contribution in [0.15, 0.2) is 28.8 Å². The lowest BCUT2D eigenvalue weighted by molar-refractivity contribution is -0.138. The second-order valence-electron chi connectivity index (χ2n) is 8.59. The van der Waals surface area contributed by atoms with Crippen LogP contribution >= 0.6 is 12.4 Å². The largest absolute Gasteiger partial charge is 0.371 e. The molecule has 1 aromatic carbocycles. The van der Waals surface area contributed by atoms with Crippen molar-refractivity contribution in [3.8, 4) is 11.5 Å². The van der Waals surface area contributed by atoms with Gasteiger partial charge in [0.05, 0.1) is 5.92 Å². The number of piperazine rings is 1. The van der Waals surface area contributed by atoms with E-state index in [1.807, 2.05) is 19.1 Å². The number of hydrogen-bond donors (Lipinski definition) is 0. The number of benzene rings is 1. The first-order valence-corrected chi connectivity index (χ1v) is 10.6. The van der Waals surface area contributed by atoms with Crippen molar-refractivity contribution in [3.63, 3.8) is 0 Å². The van der Waals surface area contributed by atoms with E-state index in [0.29, 0.717) is 29.7 Å². The van der Waals surface area contributed by atoms with E-state index in [0.717, 1.165) is 50.4 Å². The molecule has 0 radical (unpaired) electrons. The third-order valence-corrected chi connectivity index (χ3v) is 6.20. The Labute approximate surface area is 184 Å². The Morgan fingerprint density at radius 3 is 2.47 bits per heavy atom. The van der Waals surface area contributed by atoms with Crippen molar-refractivity contribution >= 4 is 24.0 Å². The van der Waals surface area contributed by atoms with Crippen molar-refractivity contribution in [3.05, 3.63) is 30.1 Å². The van der Waals surface area contributed by atoms with Crippen LogP contribution in [-0.2, 0) is 4.79 Å². The van der Waals surface area contributed by atoms with Crippen LogP contribution in [0.5, 0.6) is 0 Å². The minimum atomic E-state index is 0. The summed E-state index contributed by atoms with van der Waals surface area (Å²) in [5, 5.41) is 3.84. The molecule has 2 aromatic rings. The number of carbonyl (C=O) groups excluding carboxylic acids is 1. The number of carbonyl (C=O) groups is 1. The van der Waals surface area contributed by atoms with Gasteiger partial charge in [0.2, 0.25) is 5.91 Å². The zero-order valence-electron chi connectivity index (χ0n) is 18.2. The van der Waals surface area contributed by atoms with Gasteiger partial charge in [-0.3, -0.25) is 9.69 Å². The first-order chi connectivity index (χ1) is 13.9. The second kappa shape index (κ2) is 9.35. The van der Waals surface area contributed by atoms with Crippen LogP contribution < -0.4 is 4.90 Å². The molecule has 1 aromatic heterocycles. The smallest absolute Gasteiger partial charge is 0.257 e. The zero-order valence-corrected chi connectivity index (χ0v) is 19.1. The van der Waals surface area contributed by atoms with Crippen LogP contribution in [0.4, 0.5) is 5.69 Å². The standard InChI is InChI=1S/C22H31N5O2.ClH/c1-15(2)27-12-11-26(13-16(27)3)22(28)19-9-10-25(14-19)20-7-5-18(6-8-20)21-23-17(4)24-29-21;/h5-8,15-16,19H,9-14H2,1-4H3;1H/t16-,19-;/m0./s1. The summed E-state index contributed by atoms with van der Waals surface area (Å²) in [5.41, 5.74) is 2.05. The Balaban J connectivity index is 0.00000256. The molecule has 7 nitrogen and oxygen atoms in total. The molecule has 0 unspecified atom stereocenters. The minimum absolute atomic E-state index is 0. The number of nitrogens with zero attached hydrogens (tertiary/aromatic N) is 5. The Hall–Kier alpha value is -2.12. The van der Waals surface area contributed by atoms with Crippen molar-refractivity contribution < 1.29 is 9.32 Å². The molecule has 1 amide bonds. The minimum Gasteiger partial charge on any atom is -0.371 e. The fraction of sp³-hybridized carbons (Fsp3) is 0.591. The number of amides is 1. The van der Waals surface area contributed by atoms with Crippen LogP contribution in [0.2, 0.25) is 0 Å². The molecule has 0 aliphatic carbocycles. The molecule has 2 aliphatic heterocycles. The van der Waals surface area contributed by atoms with Crippen molar-refractivity contribution in [2.75, 3.05) is 37.6 Å². The molecule has 0 spiro atoms. The van der Waals surface area contributed by atoms with Crippen molar-refractivity contribution in [2.45, 2.75) is 46.2 Å². The maximum atomic E-state index is 13.1. The highest BCUT2D eigenvalue weighted by Gasteiger charge is 2.35. The molecule has 4 rings (SSSR count). The molecule has 2 atom stereocenters. The summed E-state index contributed by atoms with van der Waals surface area (Å²) in [6.45, 7) is 12.9. The summed E-state index contributed by atoms with van der Waals surface area (Å²) >= 11 is 0. The lowest BCUT2D eigenvalue weighted by Gasteiger charge is -2.42. The van der Waals surface area contributed by atoms with Gasteiger partial charge in [0.15, 0.2) is 5.82 Å². The monoisotopic (exact) mass is 433 g/mol. The van der Waals surface area contributed by atoms with Gasteiger partial charge >= 0.3 is 0 Å². The lowest BCUT2D eigenvalue weighted by Crippen LogP contribution is -2.56. The Bertz CT molecular complexity index is 853. The average Bonchev–Trinajstić information content (AvgIpc) is 3.36. The third kappa shape index (κ3) is 4.62. The molecule has 30 heavy (non-hydrogen) atoms. The summed E-state index contributed by atoms with van der Waals surface area (Å²) in [5.74, 6) is 1.58. The molecule has 0 bridgehead atoms. The van der Waals surface area contributed by atoms with Gasteiger partial charge < -0.3 is 14.3 Å². The van der Waals surface area contributed by atoms with E-state index < -0.39 is 0 Å². The van der Waals surface area contributed by atoms with E-state index in [4.69, 9.17) is 4.52 Å². The van der Waals surface area contributed by atoms with Crippen molar-refractivity contribution in [2.24, 2.45) is 5.92 Å². The predicted molar refractivity (Wildman–Crippen MR) is 120 cm³/mol. The van der Waals surface area contributed by atoms with E-state index in [2.05, 4.69) is 57.7 Å². The third-order valence-electron chi connectivity index (χ3n) is 6.20. The van der Waals surface area contributed by atoms with E-state index in [-0.39, 0.29) is 18.3 Å². The summed E-state index contributed by atoms with van der Waals surface area (Å²) < 4.78 is 5.23. The molecule has 8 heteroatoms. The fourth-order valence-corrected chi connectivity index (χ4v) is 4.62. The number of aryl methyl sites for hydroxylation is 1. The topological polar surface area (TPSA) is 65.7 Å². The molecule has 2 saturated heterocycles. The molecule has 3 heterocycles. The van der Waals surface area contributed by atoms with Gasteiger partial charge in [-0.1, -0.05) is 5.16 Å². The summed E-state index contributed by atoms with van der Waals surface area (Å²) in [4.78, 5) is 24.2. The second-order valence-corrected chi connectivity index (χ2v) is 8.59. The van der Waals surface area contributed by atoms with Crippen molar-refractivity contribution in [1.82, 2.24) is 19.9 Å². The van der Waals surface area contributed by atoms with Crippen LogP contribution in [0.3, 0.4) is 0 Å². The quantitative estimate of drug-likeness (QED) is 0.737. The van der Waals surface area contributed by atoms with Gasteiger partial charge in [0, 0.05) is 56.1 Å². The molecular weight excluding hydrogens is 402 g/mol. The number of halogens is 1. The average molecular weight is 434 g/mol. The van der Waals surface area contributed by atoms with Gasteiger partial charge in [-0.15, -0.1) is 12.4 Å². The Kier molecular flexibility index (Phi) is 7.03. The first kappa shape index (κ1) is 22.6. The molecule has 0 N–H and O–H groups in total. The van der Waals surface area contributed by atoms with Gasteiger partial charge in [0.1, 0.15) is 0 Å². The van der Waals surface area contributed by atoms with Crippen LogP contribution in [0.1, 0.15) is 33.0 Å². The predicted octanol–water partition coefficient (Wildman–Crippen LogP) is 3.23. The molecule has 2 fully saturated rings. The van der Waals surface area contributed by atoms with Crippen LogP contribution in [0.25, 0.3) is 11.5 Å². The normalized spacial score (nSPS) is 22.4. The Morgan fingerprint density at radius 2 is 1.87 bits per heavy atom. The van der Waals surface area contributed by atoms with E-state index >= 15 is 0 Å². The molecule has 164 valence electrons. The number of anilines is 1. The summed E-state index contributed by atoms with van der Waals surface area (Å²) in [6.07, 6.45) is 0.919. The SMILES string of the molecule is Cc1noc(-c2ccc(N3CC[C@H](C(=O)N4CCN(C(C)C)[C@@H](C)C4)C3)cc2)n1.Cl. The molecular formula is C22H32ClN5O2. The van der Waals surface area contributed by atoms with Gasteiger partial charge in [-0.2, -0.15) is 4.98 Å². The molecule has 2 aliphatic rings. The Morgan fingerprint density at radius 1 is 1.13 bits per heavy atom. The summed E-state index contributed by atoms with van der Waals surface area (Å²) in [7, 11) is 0. The zero-order chi connectivity index (χ0) is 20.5. The van der Waals surface area contributed by atoms with E-state index in [1.54, 1.807) is 0 Å². The van der Waals surface area contributed by atoms with Gasteiger partial charge in [0.25, 0.3) is 5.89 Å². The number of aromatic nitrogens is 2. The highest BCUT2D eigenvalue weighted by atomic mass is 35.5. The lowest BCUT2D eigenvalue weighted by atomic mass is 10.0. The maximum absolute atomic E-state index is 13.1. The number of hydrogen-bond acceptors (Lipinski definition) is 6.